The molecule has 2 heteroatoms. The first kappa shape index (κ1) is 10.2. The van der Waals surface area contributed by atoms with Gasteiger partial charge in [0, 0.05) is 17.8 Å². The van der Waals surface area contributed by atoms with Crippen LogP contribution in [0.15, 0.2) is 12.2 Å². The Bertz CT molecular complexity index is 257. The van der Waals surface area contributed by atoms with Gasteiger partial charge in [-0.1, -0.05) is 12.2 Å². The van der Waals surface area contributed by atoms with Gasteiger partial charge in [-0.2, -0.15) is 11.8 Å². The van der Waals surface area contributed by atoms with E-state index in [1.165, 1.54) is 30.8 Å². The molecule has 5 unspecified atom stereocenters. The first-order valence-corrected chi connectivity index (χ1v) is 7.50. The van der Waals surface area contributed by atoms with Crippen molar-refractivity contribution in [2.24, 2.45) is 17.8 Å². The maximum Gasteiger partial charge on any atom is 0.0168 e. The first-order chi connectivity index (χ1) is 7.33. The largest absolute Gasteiger partial charge is 0.310 e. The molecular weight excluding hydrogens is 202 g/mol. The number of fused-ring (bicyclic) bond motifs is 2. The molecule has 3 rings (SSSR count). The molecule has 5 atom stereocenters. The molecule has 0 aromatic carbocycles. The Morgan fingerprint density at radius 1 is 1.33 bits per heavy atom. The molecule has 1 heterocycles. The highest BCUT2D eigenvalue weighted by Crippen LogP contribution is 2.45. The quantitative estimate of drug-likeness (QED) is 0.738. The highest BCUT2D eigenvalue weighted by Gasteiger charge is 2.38. The third-order valence-corrected chi connectivity index (χ3v) is 5.56. The molecule has 1 nitrogen and oxygen atoms in total. The lowest BCUT2D eigenvalue weighted by atomic mass is 9.87. The second-order valence-corrected chi connectivity index (χ2v) is 6.61. The van der Waals surface area contributed by atoms with Crippen LogP contribution in [0.5, 0.6) is 0 Å². The summed E-state index contributed by atoms with van der Waals surface area (Å²) in [7, 11) is 0. The zero-order chi connectivity index (χ0) is 10.3. The van der Waals surface area contributed by atoms with Gasteiger partial charge in [-0.25, -0.2) is 0 Å². The van der Waals surface area contributed by atoms with E-state index in [1.807, 2.05) is 0 Å². The normalized spacial score (nSPS) is 45.1. The lowest BCUT2D eigenvalue weighted by molar-refractivity contribution is 0.307. The maximum absolute atomic E-state index is 3.85. The van der Waals surface area contributed by atoms with Crippen LogP contribution in [0.1, 0.15) is 26.2 Å². The summed E-state index contributed by atoms with van der Waals surface area (Å²) < 4.78 is 0. The fraction of sp³-hybridized carbons (Fsp3) is 0.846. The molecule has 1 saturated carbocycles. The van der Waals surface area contributed by atoms with Gasteiger partial charge in [-0.3, -0.25) is 0 Å². The Balaban J connectivity index is 1.56. The van der Waals surface area contributed by atoms with Crippen LogP contribution in [0.2, 0.25) is 0 Å². The van der Waals surface area contributed by atoms with Crippen molar-refractivity contribution in [3.8, 4) is 0 Å². The lowest BCUT2D eigenvalue weighted by Crippen LogP contribution is -2.42. The molecule has 1 aliphatic heterocycles. The summed E-state index contributed by atoms with van der Waals surface area (Å²) in [5, 5.41) is 3.85. The molecule has 84 valence electrons. The van der Waals surface area contributed by atoms with Gasteiger partial charge in [-0.15, -0.1) is 0 Å². The van der Waals surface area contributed by atoms with Gasteiger partial charge >= 0.3 is 0 Å². The minimum atomic E-state index is 0.730. The van der Waals surface area contributed by atoms with Crippen molar-refractivity contribution in [2.45, 2.75) is 38.3 Å². The van der Waals surface area contributed by atoms with Crippen LogP contribution in [0, 0.1) is 17.8 Å². The Morgan fingerprint density at radius 3 is 2.87 bits per heavy atom. The standard InChI is InChI=1S/C13H21NS/c1-9(14-12-4-5-15-8-12)13-7-10-2-3-11(13)6-10/h2-3,9-14H,4-8H2,1H3. The van der Waals surface area contributed by atoms with E-state index in [-0.39, 0.29) is 0 Å². The van der Waals surface area contributed by atoms with Gasteiger partial charge in [0.1, 0.15) is 0 Å². The van der Waals surface area contributed by atoms with Crippen LogP contribution in [0.3, 0.4) is 0 Å². The lowest BCUT2D eigenvalue weighted by Gasteiger charge is -2.28. The number of rotatable bonds is 3. The van der Waals surface area contributed by atoms with Crippen LogP contribution < -0.4 is 5.32 Å². The number of allylic oxidation sites excluding steroid dienone is 2. The smallest absolute Gasteiger partial charge is 0.0168 e. The third-order valence-electron chi connectivity index (χ3n) is 4.40. The van der Waals surface area contributed by atoms with Crippen molar-refractivity contribution in [1.29, 1.82) is 0 Å². The highest BCUT2D eigenvalue weighted by atomic mass is 32.2. The number of hydrogen-bond donors (Lipinski definition) is 1. The van der Waals surface area contributed by atoms with E-state index in [0.717, 1.165) is 29.8 Å². The topological polar surface area (TPSA) is 12.0 Å². The van der Waals surface area contributed by atoms with Gasteiger partial charge in [0.2, 0.25) is 0 Å². The van der Waals surface area contributed by atoms with Crippen LogP contribution in [-0.2, 0) is 0 Å². The van der Waals surface area contributed by atoms with Crippen molar-refractivity contribution in [1.82, 2.24) is 5.32 Å². The molecule has 0 aromatic rings. The second kappa shape index (κ2) is 4.14. The summed E-state index contributed by atoms with van der Waals surface area (Å²) in [5.74, 6) is 5.43. The maximum atomic E-state index is 3.85. The summed E-state index contributed by atoms with van der Waals surface area (Å²) in [6.45, 7) is 2.40. The van der Waals surface area contributed by atoms with Gasteiger partial charge < -0.3 is 5.32 Å². The third kappa shape index (κ3) is 1.99. The van der Waals surface area contributed by atoms with Crippen LogP contribution in [-0.4, -0.2) is 23.6 Å². The van der Waals surface area contributed by atoms with Crippen molar-refractivity contribution in [3.05, 3.63) is 12.2 Å². The Kier molecular flexibility index (Phi) is 2.82. The van der Waals surface area contributed by atoms with Gasteiger partial charge in [0.25, 0.3) is 0 Å². The van der Waals surface area contributed by atoms with E-state index in [4.69, 9.17) is 0 Å². The summed E-state index contributed by atoms with van der Waals surface area (Å²) in [6.07, 6.45) is 9.18. The van der Waals surface area contributed by atoms with Gasteiger partial charge in [-0.05, 0) is 49.7 Å². The zero-order valence-corrected chi connectivity index (χ0v) is 10.3. The molecule has 0 aromatic heterocycles. The first-order valence-electron chi connectivity index (χ1n) is 6.35. The van der Waals surface area contributed by atoms with E-state index >= 15 is 0 Å². The molecule has 2 fully saturated rings. The van der Waals surface area contributed by atoms with Crippen LogP contribution in [0.4, 0.5) is 0 Å². The van der Waals surface area contributed by atoms with Crippen molar-refractivity contribution in [2.75, 3.05) is 11.5 Å². The molecule has 0 amide bonds. The Morgan fingerprint density at radius 2 is 2.27 bits per heavy atom. The summed E-state index contributed by atoms with van der Waals surface area (Å²) >= 11 is 2.11. The van der Waals surface area contributed by atoms with E-state index < -0.39 is 0 Å². The molecule has 3 aliphatic rings. The molecule has 0 spiro atoms. The van der Waals surface area contributed by atoms with Crippen molar-refractivity contribution < 1.29 is 0 Å². The molecule has 0 radical (unpaired) electrons. The second-order valence-electron chi connectivity index (χ2n) is 5.46. The Labute approximate surface area is 97.1 Å². The average Bonchev–Trinajstić information content (AvgIpc) is 2.93. The molecule has 2 aliphatic carbocycles. The molecule has 2 bridgehead atoms. The molecular formula is C13H21NS. The van der Waals surface area contributed by atoms with Gasteiger partial charge in [0.15, 0.2) is 0 Å². The fourth-order valence-corrected chi connectivity index (χ4v) is 4.72. The monoisotopic (exact) mass is 223 g/mol. The summed E-state index contributed by atoms with van der Waals surface area (Å²) in [4.78, 5) is 0. The predicted molar refractivity (Wildman–Crippen MR) is 67.2 cm³/mol. The highest BCUT2D eigenvalue weighted by molar-refractivity contribution is 7.99. The fourth-order valence-electron chi connectivity index (χ4n) is 3.56. The van der Waals surface area contributed by atoms with E-state index in [0.29, 0.717) is 0 Å². The van der Waals surface area contributed by atoms with E-state index in [9.17, 15) is 0 Å². The van der Waals surface area contributed by atoms with E-state index in [1.54, 1.807) is 0 Å². The average molecular weight is 223 g/mol. The Hall–Kier alpha value is 0.0500. The summed E-state index contributed by atoms with van der Waals surface area (Å²) in [5.41, 5.74) is 0. The molecule has 1 saturated heterocycles. The zero-order valence-electron chi connectivity index (χ0n) is 9.49. The predicted octanol–water partition coefficient (Wildman–Crippen LogP) is 2.68. The summed E-state index contributed by atoms with van der Waals surface area (Å²) in [6, 6.07) is 1.53. The van der Waals surface area contributed by atoms with Crippen LogP contribution in [0.25, 0.3) is 0 Å². The minimum absolute atomic E-state index is 0.730. The molecule has 1 N–H and O–H groups in total. The SMILES string of the molecule is CC(NC1CCSC1)C1CC2C=CC1C2. The molecule has 15 heavy (non-hydrogen) atoms. The van der Waals surface area contributed by atoms with E-state index in [2.05, 4.69) is 36.2 Å². The minimum Gasteiger partial charge on any atom is -0.310 e. The number of nitrogens with one attached hydrogen (secondary N) is 1. The number of hydrogen-bond acceptors (Lipinski definition) is 2. The van der Waals surface area contributed by atoms with Crippen molar-refractivity contribution in [3.63, 3.8) is 0 Å². The number of thioether (sulfide) groups is 1. The van der Waals surface area contributed by atoms with Crippen LogP contribution >= 0.6 is 11.8 Å². The van der Waals surface area contributed by atoms with Crippen molar-refractivity contribution >= 4 is 11.8 Å². The van der Waals surface area contributed by atoms with Gasteiger partial charge in [0.05, 0.1) is 0 Å².